The molecule has 2 nitrogen and oxygen atoms in total. The van der Waals surface area contributed by atoms with Crippen molar-refractivity contribution in [3.05, 3.63) is 46.0 Å². The maximum Gasteiger partial charge on any atom is 0.142 e. The van der Waals surface area contributed by atoms with Crippen LogP contribution in [0.2, 0.25) is 10.3 Å². The van der Waals surface area contributed by atoms with Gasteiger partial charge in [-0.25, -0.2) is 9.97 Å². The van der Waals surface area contributed by atoms with Gasteiger partial charge in [0.2, 0.25) is 0 Å². The first kappa shape index (κ1) is 15.3. The summed E-state index contributed by atoms with van der Waals surface area (Å²) in [6.45, 7) is 8.42. The van der Waals surface area contributed by atoms with E-state index in [0.717, 1.165) is 17.5 Å². The molecule has 0 unspecified atom stereocenters. The molecule has 106 valence electrons. The molecule has 0 atom stereocenters. The molecule has 4 heteroatoms. The molecule has 0 fully saturated rings. The minimum Gasteiger partial charge on any atom is -0.220 e. The molecule has 0 saturated heterocycles. The van der Waals surface area contributed by atoms with Crippen LogP contribution in [0.1, 0.15) is 32.2 Å². The second-order valence-electron chi connectivity index (χ2n) is 6.20. The Kier molecular flexibility index (Phi) is 4.36. The number of nitrogens with zero attached hydrogens (tertiary/aromatic N) is 2. The van der Waals surface area contributed by atoms with Gasteiger partial charge in [-0.2, -0.15) is 0 Å². The molecule has 0 aliphatic carbocycles. The number of hydrogen-bond acceptors (Lipinski definition) is 2. The van der Waals surface area contributed by atoms with Crippen LogP contribution in [0.4, 0.5) is 0 Å². The molecule has 0 aliphatic heterocycles. The summed E-state index contributed by atoms with van der Waals surface area (Å²) in [5.41, 5.74) is 2.89. The second kappa shape index (κ2) is 5.71. The van der Waals surface area contributed by atoms with Crippen LogP contribution >= 0.6 is 23.2 Å². The quantitative estimate of drug-likeness (QED) is 0.699. The maximum absolute atomic E-state index is 6.31. The molecule has 1 aromatic heterocycles. The van der Waals surface area contributed by atoms with Crippen molar-refractivity contribution in [3.63, 3.8) is 0 Å². The zero-order chi connectivity index (χ0) is 14.9. The molecule has 0 saturated carbocycles. The Morgan fingerprint density at radius 1 is 1.05 bits per heavy atom. The Bertz CT molecular complexity index is 608. The lowest BCUT2D eigenvalue weighted by Crippen LogP contribution is -2.12. The monoisotopic (exact) mass is 308 g/mol. The Balaban J connectivity index is 2.47. The highest BCUT2D eigenvalue weighted by Gasteiger charge is 2.18. The summed E-state index contributed by atoms with van der Waals surface area (Å²) in [5, 5.41) is 0.824. The van der Waals surface area contributed by atoms with Crippen molar-refractivity contribution >= 4 is 23.2 Å². The van der Waals surface area contributed by atoms with E-state index in [9.17, 15) is 0 Å². The predicted octanol–water partition coefficient (Wildman–Crippen LogP) is 5.35. The van der Waals surface area contributed by atoms with Crippen LogP contribution in [0.3, 0.4) is 0 Å². The third-order valence-corrected chi connectivity index (χ3v) is 3.41. The molecule has 1 aromatic carbocycles. The van der Waals surface area contributed by atoms with Gasteiger partial charge in [0.15, 0.2) is 0 Å². The highest BCUT2D eigenvalue weighted by Crippen LogP contribution is 2.33. The number of benzene rings is 1. The van der Waals surface area contributed by atoms with E-state index in [-0.39, 0.29) is 5.41 Å². The normalized spacial score (nSPS) is 11.7. The number of hydrogen-bond donors (Lipinski definition) is 0. The van der Waals surface area contributed by atoms with E-state index in [1.165, 1.54) is 0 Å². The molecule has 0 radical (unpaired) electrons. The molecule has 0 bridgehead atoms. The lowest BCUT2D eigenvalue weighted by molar-refractivity contribution is 0.400. The van der Waals surface area contributed by atoms with Crippen LogP contribution in [-0.2, 0) is 6.42 Å². The lowest BCUT2D eigenvalue weighted by atomic mass is 9.92. The van der Waals surface area contributed by atoms with Gasteiger partial charge in [-0.05, 0) is 17.9 Å². The zero-order valence-corrected chi connectivity index (χ0v) is 13.7. The molecular formula is C16H18Cl2N2. The number of rotatable bonds is 2. The molecular weight excluding hydrogens is 291 g/mol. The zero-order valence-electron chi connectivity index (χ0n) is 12.2. The second-order valence-corrected chi connectivity index (χ2v) is 6.92. The number of aromatic nitrogens is 2. The van der Waals surface area contributed by atoms with Crippen LogP contribution in [0, 0.1) is 12.3 Å². The first-order chi connectivity index (χ1) is 9.26. The van der Waals surface area contributed by atoms with Crippen molar-refractivity contribution in [2.45, 2.75) is 34.1 Å². The van der Waals surface area contributed by atoms with E-state index < -0.39 is 0 Å². The van der Waals surface area contributed by atoms with Gasteiger partial charge in [0, 0.05) is 6.42 Å². The Labute approximate surface area is 130 Å². The first-order valence-electron chi connectivity index (χ1n) is 6.55. The molecule has 0 aliphatic rings. The summed E-state index contributed by atoms with van der Waals surface area (Å²) in [4.78, 5) is 8.79. The smallest absolute Gasteiger partial charge is 0.142 e. The highest BCUT2D eigenvalue weighted by molar-refractivity contribution is 6.37. The minimum absolute atomic E-state index is 0.0948. The third kappa shape index (κ3) is 3.71. The molecule has 0 spiro atoms. The van der Waals surface area contributed by atoms with Crippen LogP contribution in [0.5, 0.6) is 0 Å². The summed E-state index contributed by atoms with van der Waals surface area (Å²) in [5.74, 6) is 0.684. The average Bonchev–Trinajstić information content (AvgIpc) is 2.25. The van der Waals surface area contributed by atoms with Crippen molar-refractivity contribution in [1.82, 2.24) is 9.97 Å². The van der Waals surface area contributed by atoms with Crippen molar-refractivity contribution < 1.29 is 0 Å². The van der Waals surface area contributed by atoms with E-state index in [2.05, 4.69) is 30.7 Å². The highest BCUT2D eigenvalue weighted by atomic mass is 35.5. The van der Waals surface area contributed by atoms with Crippen LogP contribution in [0.15, 0.2) is 24.3 Å². The van der Waals surface area contributed by atoms with Crippen LogP contribution < -0.4 is 0 Å². The predicted molar refractivity (Wildman–Crippen MR) is 85.4 cm³/mol. The van der Waals surface area contributed by atoms with Crippen LogP contribution in [0.25, 0.3) is 11.1 Å². The molecule has 2 rings (SSSR count). The van der Waals surface area contributed by atoms with E-state index in [1.807, 2.05) is 31.2 Å². The Morgan fingerprint density at radius 2 is 1.65 bits per heavy atom. The topological polar surface area (TPSA) is 25.8 Å². The summed E-state index contributed by atoms with van der Waals surface area (Å²) < 4.78 is 0. The lowest BCUT2D eigenvalue weighted by Gasteiger charge is -2.17. The van der Waals surface area contributed by atoms with Gasteiger partial charge >= 0.3 is 0 Å². The van der Waals surface area contributed by atoms with Crippen molar-refractivity contribution in [1.29, 1.82) is 0 Å². The van der Waals surface area contributed by atoms with E-state index in [4.69, 9.17) is 23.2 Å². The fourth-order valence-corrected chi connectivity index (χ4v) is 2.68. The fraction of sp³-hybridized carbons (Fsp3) is 0.375. The van der Waals surface area contributed by atoms with Gasteiger partial charge in [-0.15, -0.1) is 0 Å². The standard InChI is InChI=1S/C16H18Cl2N2/c1-10-6-5-7-11(8-10)13-14(17)19-12(20-15(13)18)9-16(2,3)4/h5-8H,9H2,1-4H3. The molecule has 20 heavy (non-hydrogen) atoms. The van der Waals surface area contributed by atoms with Gasteiger partial charge in [-0.1, -0.05) is 73.8 Å². The Hall–Kier alpha value is -1.12. The molecule has 0 N–H and O–H groups in total. The summed E-state index contributed by atoms with van der Waals surface area (Å²) in [6.07, 6.45) is 0.737. The largest absolute Gasteiger partial charge is 0.220 e. The average molecular weight is 309 g/mol. The van der Waals surface area contributed by atoms with Gasteiger partial charge in [0.1, 0.15) is 16.1 Å². The van der Waals surface area contributed by atoms with Crippen LogP contribution in [-0.4, -0.2) is 9.97 Å². The Morgan fingerprint density at radius 3 is 2.15 bits per heavy atom. The van der Waals surface area contributed by atoms with E-state index in [1.54, 1.807) is 0 Å². The molecule has 2 aromatic rings. The van der Waals surface area contributed by atoms with E-state index in [0.29, 0.717) is 21.7 Å². The van der Waals surface area contributed by atoms with Crippen molar-refractivity contribution in [2.24, 2.45) is 5.41 Å². The van der Waals surface area contributed by atoms with Gasteiger partial charge in [-0.3, -0.25) is 0 Å². The summed E-state index contributed by atoms with van der Waals surface area (Å²) in [7, 11) is 0. The first-order valence-corrected chi connectivity index (χ1v) is 7.31. The third-order valence-electron chi connectivity index (χ3n) is 2.86. The minimum atomic E-state index is 0.0948. The maximum atomic E-state index is 6.31. The van der Waals surface area contributed by atoms with Gasteiger partial charge < -0.3 is 0 Å². The van der Waals surface area contributed by atoms with Gasteiger partial charge in [0.25, 0.3) is 0 Å². The SMILES string of the molecule is Cc1cccc(-c2c(Cl)nc(CC(C)(C)C)nc2Cl)c1. The fourth-order valence-electron chi connectivity index (χ4n) is 2.04. The number of aryl methyl sites for hydroxylation is 1. The number of halogens is 2. The summed E-state index contributed by atoms with van der Waals surface area (Å²) >= 11 is 12.6. The van der Waals surface area contributed by atoms with Gasteiger partial charge in [0.05, 0.1) is 5.56 Å². The van der Waals surface area contributed by atoms with Crippen molar-refractivity contribution in [2.75, 3.05) is 0 Å². The molecule has 1 heterocycles. The summed E-state index contributed by atoms with van der Waals surface area (Å²) in [6, 6.07) is 7.99. The van der Waals surface area contributed by atoms with Crippen molar-refractivity contribution in [3.8, 4) is 11.1 Å². The molecule has 0 amide bonds. The van der Waals surface area contributed by atoms with E-state index >= 15 is 0 Å².